The van der Waals surface area contributed by atoms with Crippen LogP contribution in [0.2, 0.25) is 0 Å². The second-order valence-electron chi connectivity index (χ2n) is 4.99. The molecule has 20 heavy (non-hydrogen) atoms. The van der Waals surface area contributed by atoms with Gasteiger partial charge < -0.3 is 5.32 Å². The summed E-state index contributed by atoms with van der Waals surface area (Å²) in [5.41, 5.74) is 0. The Morgan fingerprint density at radius 3 is 2.95 bits per heavy atom. The maximum absolute atomic E-state index is 12.4. The molecule has 2 rings (SSSR count). The molecule has 0 aromatic carbocycles. The Morgan fingerprint density at radius 1 is 1.50 bits per heavy atom. The number of aromatic nitrogens is 1. The molecule has 1 unspecified atom stereocenters. The number of thiazole rings is 1. The second-order valence-corrected chi connectivity index (χ2v) is 8.02. The van der Waals surface area contributed by atoms with E-state index in [0.29, 0.717) is 19.6 Å². The summed E-state index contributed by atoms with van der Waals surface area (Å²) in [7, 11) is -1.57. The topological polar surface area (TPSA) is 74.3 Å². The summed E-state index contributed by atoms with van der Waals surface area (Å²) < 4.78 is 29.1. The number of aryl methyl sites for hydroxylation is 1. The highest BCUT2D eigenvalue weighted by molar-refractivity contribution is 7.87. The Bertz CT molecular complexity index is 527. The van der Waals surface area contributed by atoms with E-state index in [2.05, 4.69) is 15.0 Å². The first kappa shape index (κ1) is 15.8. The number of hydrogen-bond acceptors (Lipinski definition) is 5. The highest BCUT2D eigenvalue weighted by Gasteiger charge is 2.31. The number of hydrogen-bond donors (Lipinski definition) is 2. The minimum Gasteiger partial charge on any atom is -0.318 e. The molecule has 8 heteroatoms. The predicted octanol–water partition coefficient (Wildman–Crippen LogP) is 0.860. The third kappa shape index (κ3) is 3.98. The van der Waals surface area contributed by atoms with Crippen molar-refractivity contribution in [3.8, 4) is 0 Å². The predicted molar refractivity (Wildman–Crippen MR) is 80.9 cm³/mol. The molecule has 1 aromatic heterocycles. The lowest BCUT2D eigenvalue weighted by atomic mass is 10.1. The van der Waals surface area contributed by atoms with Crippen LogP contribution in [0.1, 0.15) is 29.1 Å². The SMILES string of the molecule is CNCC1CCCCN1S(=O)(=O)NCc1cnc(C)s1. The van der Waals surface area contributed by atoms with Crippen molar-refractivity contribution >= 4 is 21.5 Å². The first-order valence-corrected chi connectivity index (χ1v) is 9.11. The third-order valence-electron chi connectivity index (χ3n) is 3.42. The van der Waals surface area contributed by atoms with Gasteiger partial charge in [-0.2, -0.15) is 17.4 Å². The second kappa shape index (κ2) is 6.95. The zero-order valence-electron chi connectivity index (χ0n) is 11.9. The molecule has 0 radical (unpaired) electrons. The minimum atomic E-state index is -3.42. The molecular formula is C12H22N4O2S2. The summed E-state index contributed by atoms with van der Waals surface area (Å²) in [6, 6.07) is 0.0504. The molecule has 1 aliphatic rings. The third-order valence-corrected chi connectivity index (χ3v) is 5.94. The van der Waals surface area contributed by atoms with Crippen LogP contribution in [0, 0.1) is 6.92 Å². The van der Waals surface area contributed by atoms with Crippen LogP contribution in [0.3, 0.4) is 0 Å². The van der Waals surface area contributed by atoms with Crippen LogP contribution < -0.4 is 10.0 Å². The van der Waals surface area contributed by atoms with Gasteiger partial charge in [-0.1, -0.05) is 6.42 Å². The van der Waals surface area contributed by atoms with E-state index in [9.17, 15) is 8.42 Å². The maximum atomic E-state index is 12.4. The molecule has 1 aromatic rings. The van der Waals surface area contributed by atoms with Gasteiger partial charge in [0.2, 0.25) is 0 Å². The molecule has 6 nitrogen and oxygen atoms in total. The van der Waals surface area contributed by atoms with Crippen LogP contribution in [0.5, 0.6) is 0 Å². The highest BCUT2D eigenvalue weighted by Crippen LogP contribution is 2.20. The maximum Gasteiger partial charge on any atom is 0.280 e. The zero-order chi connectivity index (χ0) is 14.6. The Morgan fingerprint density at radius 2 is 2.30 bits per heavy atom. The lowest BCUT2D eigenvalue weighted by Gasteiger charge is -2.34. The Labute approximate surface area is 124 Å². The molecule has 0 saturated carbocycles. The molecule has 0 aliphatic carbocycles. The van der Waals surface area contributed by atoms with Gasteiger partial charge >= 0.3 is 0 Å². The number of nitrogens with one attached hydrogen (secondary N) is 2. The fourth-order valence-corrected chi connectivity index (χ4v) is 4.73. The molecule has 114 valence electrons. The van der Waals surface area contributed by atoms with Gasteiger partial charge in [0.05, 0.1) is 5.01 Å². The monoisotopic (exact) mass is 318 g/mol. The van der Waals surface area contributed by atoms with Crippen LogP contribution in [0.15, 0.2) is 6.20 Å². The fourth-order valence-electron chi connectivity index (χ4n) is 2.46. The minimum absolute atomic E-state index is 0.0504. The summed E-state index contributed by atoms with van der Waals surface area (Å²) >= 11 is 1.52. The van der Waals surface area contributed by atoms with Crippen molar-refractivity contribution in [2.75, 3.05) is 20.1 Å². The average Bonchev–Trinajstić information content (AvgIpc) is 2.83. The fraction of sp³-hybridized carbons (Fsp3) is 0.750. The molecule has 1 atom stereocenters. The molecule has 0 spiro atoms. The van der Waals surface area contributed by atoms with Crippen LogP contribution >= 0.6 is 11.3 Å². The number of rotatable bonds is 6. The molecule has 2 heterocycles. The highest BCUT2D eigenvalue weighted by atomic mass is 32.2. The van der Waals surface area contributed by atoms with Gasteiger partial charge in [0.25, 0.3) is 10.2 Å². The Hall–Kier alpha value is -0.540. The molecule has 0 bridgehead atoms. The summed E-state index contributed by atoms with van der Waals surface area (Å²) in [5, 5.41) is 4.02. The van der Waals surface area contributed by atoms with Gasteiger partial charge in [0.1, 0.15) is 0 Å². The number of piperidine rings is 1. The van der Waals surface area contributed by atoms with Gasteiger partial charge in [-0.15, -0.1) is 11.3 Å². The lowest BCUT2D eigenvalue weighted by Crippen LogP contribution is -2.51. The van der Waals surface area contributed by atoms with Crippen molar-refractivity contribution < 1.29 is 8.42 Å². The Kier molecular flexibility index (Phi) is 5.50. The van der Waals surface area contributed by atoms with E-state index in [4.69, 9.17) is 0 Å². The first-order valence-electron chi connectivity index (χ1n) is 6.85. The standard InChI is InChI=1S/C12H22N4O2S2/c1-10-14-8-12(19-10)9-15-20(17,18)16-6-4-3-5-11(16)7-13-2/h8,11,13,15H,3-7,9H2,1-2H3. The number of nitrogens with zero attached hydrogens (tertiary/aromatic N) is 2. The van der Waals surface area contributed by atoms with E-state index in [1.165, 1.54) is 11.3 Å². The largest absolute Gasteiger partial charge is 0.318 e. The van der Waals surface area contributed by atoms with Crippen LogP contribution in [-0.4, -0.2) is 43.9 Å². The van der Waals surface area contributed by atoms with E-state index in [1.807, 2.05) is 14.0 Å². The van der Waals surface area contributed by atoms with Crippen molar-refractivity contribution in [2.45, 2.75) is 38.8 Å². The van der Waals surface area contributed by atoms with Gasteiger partial charge in [-0.05, 0) is 26.8 Å². The van der Waals surface area contributed by atoms with E-state index < -0.39 is 10.2 Å². The van der Waals surface area contributed by atoms with Crippen molar-refractivity contribution in [3.05, 3.63) is 16.1 Å². The summed E-state index contributed by atoms with van der Waals surface area (Å²) in [4.78, 5) is 5.07. The molecule has 1 fully saturated rings. The summed E-state index contributed by atoms with van der Waals surface area (Å²) in [6.45, 7) is 3.52. The van der Waals surface area contributed by atoms with Crippen molar-refractivity contribution in [1.82, 2.24) is 19.3 Å². The number of likely N-dealkylation sites (N-methyl/N-ethyl adjacent to an activating group) is 1. The Balaban J connectivity index is 2.00. The first-order chi connectivity index (χ1) is 9.53. The summed E-state index contributed by atoms with van der Waals surface area (Å²) in [5.74, 6) is 0. The normalized spacial score (nSPS) is 21.2. The van der Waals surface area contributed by atoms with Crippen LogP contribution in [0.25, 0.3) is 0 Å². The van der Waals surface area contributed by atoms with E-state index in [0.717, 1.165) is 29.1 Å². The van der Waals surface area contributed by atoms with Gasteiger partial charge in [0, 0.05) is 36.8 Å². The molecule has 2 N–H and O–H groups in total. The van der Waals surface area contributed by atoms with E-state index >= 15 is 0 Å². The van der Waals surface area contributed by atoms with Gasteiger partial charge in [0.15, 0.2) is 0 Å². The molecule has 0 amide bonds. The van der Waals surface area contributed by atoms with Crippen molar-refractivity contribution in [3.63, 3.8) is 0 Å². The van der Waals surface area contributed by atoms with E-state index in [1.54, 1.807) is 10.5 Å². The zero-order valence-corrected chi connectivity index (χ0v) is 13.6. The van der Waals surface area contributed by atoms with Crippen LogP contribution in [0.4, 0.5) is 0 Å². The van der Waals surface area contributed by atoms with Crippen LogP contribution in [-0.2, 0) is 16.8 Å². The van der Waals surface area contributed by atoms with Crippen molar-refractivity contribution in [1.29, 1.82) is 0 Å². The molecule has 1 aliphatic heterocycles. The van der Waals surface area contributed by atoms with Gasteiger partial charge in [-0.25, -0.2) is 4.98 Å². The van der Waals surface area contributed by atoms with E-state index in [-0.39, 0.29) is 6.04 Å². The molecule has 1 saturated heterocycles. The quantitative estimate of drug-likeness (QED) is 0.816. The lowest BCUT2D eigenvalue weighted by molar-refractivity contribution is 0.246. The molecular weight excluding hydrogens is 296 g/mol. The smallest absolute Gasteiger partial charge is 0.280 e. The van der Waals surface area contributed by atoms with Gasteiger partial charge in [-0.3, -0.25) is 0 Å². The van der Waals surface area contributed by atoms with Crippen molar-refractivity contribution in [2.24, 2.45) is 0 Å². The average molecular weight is 318 g/mol. The summed E-state index contributed by atoms with van der Waals surface area (Å²) in [6.07, 6.45) is 4.67.